The van der Waals surface area contributed by atoms with Gasteiger partial charge >= 0.3 is 0 Å². The molecule has 1 aromatic rings. The van der Waals surface area contributed by atoms with Crippen LogP contribution in [0.25, 0.3) is 0 Å². The summed E-state index contributed by atoms with van der Waals surface area (Å²) in [4.78, 5) is 21.5. The predicted octanol–water partition coefficient (Wildman–Crippen LogP) is 0.795. The van der Waals surface area contributed by atoms with E-state index in [1.165, 1.54) is 6.92 Å². The molecule has 0 heterocycles. The maximum absolute atomic E-state index is 11.4. The van der Waals surface area contributed by atoms with Crippen LogP contribution in [0.1, 0.15) is 6.92 Å². The molecule has 0 saturated carbocycles. The first-order valence-electron chi connectivity index (χ1n) is 4.36. The number of amides is 1. The Morgan fingerprint density at radius 1 is 1.40 bits per heavy atom. The summed E-state index contributed by atoms with van der Waals surface area (Å²) in [7, 11) is 0. The van der Waals surface area contributed by atoms with Crippen molar-refractivity contribution >= 4 is 11.6 Å². The van der Waals surface area contributed by atoms with Crippen LogP contribution in [0, 0.1) is 10.1 Å². The fraction of sp³-hybridized carbons (Fsp3) is 0.222. The second-order valence-electron chi connectivity index (χ2n) is 2.96. The van der Waals surface area contributed by atoms with Gasteiger partial charge in [0.1, 0.15) is 0 Å². The van der Waals surface area contributed by atoms with Crippen molar-refractivity contribution in [1.82, 2.24) is 5.43 Å². The van der Waals surface area contributed by atoms with Gasteiger partial charge in [0, 0.05) is 5.69 Å². The SMILES string of the molecule is CC(N[N+](=O)[O-])C(=O)Nc1ccccc1. The van der Waals surface area contributed by atoms with Crippen molar-refractivity contribution in [2.24, 2.45) is 0 Å². The Labute approximate surface area is 86.4 Å². The maximum atomic E-state index is 11.4. The molecule has 0 spiro atoms. The number of carbonyl (C=O) groups is 1. The number of para-hydroxylation sites is 1. The molecule has 0 aliphatic rings. The molecule has 1 amide bonds. The van der Waals surface area contributed by atoms with Crippen LogP contribution in [0.3, 0.4) is 0 Å². The highest BCUT2D eigenvalue weighted by Gasteiger charge is 2.16. The fourth-order valence-corrected chi connectivity index (χ4v) is 0.989. The van der Waals surface area contributed by atoms with Gasteiger partial charge in [-0.2, -0.15) is 0 Å². The number of benzene rings is 1. The summed E-state index contributed by atoms with van der Waals surface area (Å²) in [5, 5.41) is 11.9. The molecule has 15 heavy (non-hydrogen) atoms. The molecule has 0 aliphatic carbocycles. The van der Waals surface area contributed by atoms with Crippen molar-refractivity contribution in [3.8, 4) is 0 Å². The van der Waals surface area contributed by atoms with Crippen LogP contribution < -0.4 is 10.7 Å². The largest absolute Gasteiger partial charge is 0.324 e. The molecule has 1 unspecified atom stereocenters. The van der Waals surface area contributed by atoms with Crippen molar-refractivity contribution < 1.29 is 9.83 Å². The number of nitro groups is 1. The normalized spacial score (nSPS) is 11.5. The fourth-order valence-electron chi connectivity index (χ4n) is 0.989. The van der Waals surface area contributed by atoms with Gasteiger partial charge < -0.3 is 5.32 Å². The van der Waals surface area contributed by atoms with Crippen molar-refractivity contribution in [1.29, 1.82) is 0 Å². The molecule has 1 rings (SSSR count). The van der Waals surface area contributed by atoms with E-state index >= 15 is 0 Å². The predicted molar refractivity (Wildman–Crippen MR) is 54.7 cm³/mol. The zero-order chi connectivity index (χ0) is 11.3. The number of rotatable bonds is 4. The number of carbonyl (C=O) groups excluding carboxylic acids is 1. The first-order valence-corrected chi connectivity index (χ1v) is 4.36. The van der Waals surface area contributed by atoms with E-state index in [0.717, 1.165) is 0 Å². The van der Waals surface area contributed by atoms with E-state index in [4.69, 9.17) is 0 Å². The van der Waals surface area contributed by atoms with Gasteiger partial charge in [0.25, 0.3) is 5.91 Å². The molecule has 1 aromatic carbocycles. The Morgan fingerprint density at radius 2 is 2.00 bits per heavy atom. The van der Waals surface area contributed by atoms with Crippen LogP contribution in [0.2, 0.25) is 0 Å². The number of hydrogen-bond donors (Lipinski definition) is 2. The minimum Gasteiger partial charge on any atom is -0.324 e. The zero-order valence-electron chi connectivity index (χ0n) is 8.14. The van der Waals surface area contributed by atoms with Crippen LogP contribution in [0.5, 0.6) is 0 Å². The lowest BCUT2D eigenvalue weighted by atomic mass is 10.3. The van der Waals surface area contributed by atoms with Gasteiger partial charge in [0.05, 0.1) is 0 Å². The standard InChI is InChI=1S/C9H11N3O3/c1-7(11-12(14)15)9(13)10-8-5-3-2-4-6-8/h2-7,11H,1H3,(H,10,13). The third kappa shape index (κ3) is 3.63. The minimum absolute atomic E-state index is 0.446. The van der Waals surface area contributed by atoms with Gasteiger partial charge in [0.15, 0.2) is 11.1 Å². The smallest absolute Gasteiger partial charge is 0.252 e. The monoisotopic (exact) mass is 209 g/mol. The van der Waals surface area contributed by atoms with Crippen molar-refractivity contribution in [3.05, 3.63) is 40.4 Å². The molecule has 0 aliphatic heterocycles. The van der Waals surface area contributed by atoms with Crippen molar-refractivity contribution in [3.63, 3.8) is 0 Å². The van der Waals surface area contributed by atoms with E-state index in [1.54, 1.807) is 24.3 Å². The molecular weight excluding hydrogens is 198 g/mol. The summed E-state index contributed by atoms with van der Waals surface area (Å²) in [5.74, 6) is -0.446. The summed E-state index contributed by atoms with van der Waals surface area (Å²) < 4.78 is 0. The summed E-state index contributed by atoms with van der Waals surface area (Å²) in [5.41, 5.74) is 2.48. The van der Waals surface area contributed by atoms with Gasteiger partial charge in [0.2, 0.25) is 0 Å². The van der Waals surface area contributed by atoms with Crippen LogP contribution in [-0.4, -0.2) is 17.0 Å². The van der Waals surface area contributed by atoms with Crippen LogP contribution in [0.15, 0.2) is 30.3 Å². The molecule has 6 heteroatoms. The minimum atomic E-state index is -0.875. The van der Waals surface area contributed by atoms with E-state index in [1.807, 2.05) is 11.5 Å². The molecule has 0 radical (unpaired) electrons. The lowest BCUT2D eigenvalue weighted by molar-refractivity contribution is -0.547. The summed E-state index contributed by atoms with van der Waals surface area (Å²) in [6.07, 6.45) is 0. The summed E-state index contributed by atoms with van der Waals surface area (Å²) in [6, 6.07) is 7.88. The average molecular weight is 209 g/mol. The van der Waals surface area contributed by atoms with Crippen LogP contribution >= 0.6 is 0 Å². The van der Waals surface area contributed by atoms with Gasteiger partial charge in [-0.15, -0.1) is 5.43 Å². The lowest BCUT2D eigenvalue weighted by Gasteiger charge is -2.08. The Bertz CT molecular complexity index is 353. The summed E-state index contributed by atoms with van der Waals surface area (Å²) in [6.45, 7) is 1.42. The Morgan fingerprint density at radius 3 is 2.53 bits per heavy atom. The molecular formula is C9H11N3O3. The van der Waals surface area contributed by atoms with Gasteiger partial charge in [-0.25, -0.2) is 10.1 Å². The van der Waals surface area contributed by atoms with Gasteiger partial charge in [-0.3, -0.25) is 4.79 Å². The van der Waals surface area contributed by atoms with Crippen molar-refractivity contribution in [2.45, 2.75) is 13.0 Å². The molecule has 1 atom stereocenters. The van der Waals surface area contributed by atoms with E-state index in [9.17, 15) is 14.9 Å². The second kappa shape index (κ2) is 4.94. The van der Waals surface area contributed by atoms with Crippen molar-refractivity contribution in [2.75, 3.05) is 5.32 Å². The Balaban J connectivity index is 2.52. The maximum Gasteiger partial charge on any atom is 0.252 e. The first-order chi connectivity index (χ1) is 7.09. The third-order valence-electron chi connectivity index (χ3n) is 1.73. The highest BCUT2D eigenvalue weighted by Crippen LogP contribution is 2.05. The molecule has 6 nitrogen and oxygen atoms in total. The number of hydrazine groups is 1. The Hall–Kier alpha value is -2.11. The van der Waals surface area contributed by atoms with E-state index < -0.39 is 17.0 Å². The number of hydrogen-bond acceptors (Lipinski definition) is 3. The zero-order valence-corrected chi connectivity index (χ0v) is 8.14. The molecule has 0 fully saturated rings. The highest BCUT2D eigenvalue weighted by atomic mass is 16.7. The molecule has 0 bridgehead atoms. The quantitative estimate of drug-likeness (QED) is 0.567. The van der Waals surface area contributed by atoms with Gasteiger partial charge in [-0.1, -0.05) is 18.2 Å². The van der Waals surface area contributed by atoms with Gasteiger partial charge in [-0.05, 0) is 19.1 Å². The third-order valence-corrected chi connectivity index (χ3v) is 1.73. The lowest BCUT2D eigenvalue weighted by Crippen LogP contribution is -2.41. The summed E-state index contributed by atoms with van der Waals surface area (Å²) >= 11 is 0. The van der Waals surface area contributed by atoms with E-state index in [2.05, 4.69) is 5.32 Å². The number of nitrogens with one attached hydrogen (secondary N) is 2. The second-order valence-corrected chi connectivity index (χ2v) is 2.96. The number of nitrogens with zero attached hydrogens (tertiary/aromatic N) is 1. The molecule has 0 aromatic heterocycles. The average Bonchev–Trinajstić information content (AvgIpc) is 2.18. The van der Waals surface area contributed by atoms with E-state index in [0.29, 0.717) is 5.69 Å². The molecule has 2 N–H and O–H groups in total. The van der Waals surface area contributed by atoms with Crippen LogP contribution in [0.4, 0.5) is 5.69 Å². The number of anilines is 1. The Kier molecular flexibility index (Phi) is 3.61. The molecule has 0 saturated heterocycles. The molecule has 80 valence electrons. The first kappa shape index (κ1) is 11.0. The van der Waals surface area contributed by atoms with E-state index in [-0.39, 0.29) is 0 Å². The topological polar surface area (TPSA) is 84.3 Å². The highest BCUT2D eigenvalue weighted by molar-refractivity contribution is 5.94. The van der Waals surface area contributed by atoms with Crippen LogP contribution in [-0.2, 0) is 4.79 Å².